The van der Waals surface area contributed by atoms with Gasteiger partial charge >= 0.3 is 12.1 Å². The quantitative estimate of drug-likeness (QED) is 0.189. The molecule has 0 heterocycles. The van der Waals surface area contributed by atoms with Crippen LogP contribution in [0, 0.1) is 0 Å². The first-order valence-corrected chi connectivity index (χ1v) is 14.4. The van der Waals surface area contributed by atoms with E-state index in [1.807, 2.05) is 81.4 Å². The highest BCUT2D eigenvalue weighted by molar-refractivity contribution is 5.82. The van der Waals surface area contributed by atoms with Gasteiger partial charge < -0.3 is 24.3 Å². The summed E-state index contributed by atoms with van der Waals surface area (Å²) in [5.41, 5.74) is 5.83. The molecular formula is C37H41NO6. The fourth-order valence-corrected chi connectivity index (χ4v) is 5.24. The van der Waals surface area contributed by atoms with E-state index in [0.717, 1.165) is 39.1 Å². The van der Waals surface area contributed by atoms with Crippen LogP contribution >= 0.6 is 0 Å². The monoisotopic (exact) mass is 595 g/mol. The molecule has 1 aliphatic rings. The summed E-state index contributed by atoms with van der Waals surface area (Å²) in [6.45, 7) is 6.15. The molecule has 1 atom stereocenters. The van der Waals surface area contributed by atoms with Crippen molar-refractivity contribution in [2.24, 2.45) is 0 Å². The number of hydrogen-bond donors (Lipinski definition) is 1. The molecule has 0 spiro atoms. The summed E-state index contributed by atoms with van der Waals surface area (Å²) in [5.74, 6) is 0.788. The van der Waals surface area contributed by atoms with E-state index in [1.54, 1.807) is 19.2 Å². The summed E-state index contributed by atoms with van der Waals surface area (Å²) in [4.78, 5) is 26.4. The van der Waals surface area contributed by atoms with E-state index in [1.165, 1.54) is 0 Å². The maximum atomic E-state index is 13.3. The Bertz CT molecular complexity index is 1510. The number of ether oxygens (including phenoxy) is 4. The molecule has 4 aromatic carbocycles. The minimum Gasteiger partial charge on any atom is -0.497 e. The molecule has 0 aliphatic heterocycles. The number of benzene rings is 4. The van der Waals surface area contributed by atoms with Gasteiger partial charge in [0.15, 0.2) is 0 Å². The zero-order valence-electron chi connectivity index (χ0n) is 25.0. The summed E-state index contributed by atoms with van der Waals surface area (Å²) in [6.07, 6.45) is -0.456. The van der Waals surface area contributed by atoms with Crippen LogP contribution in [0.3, 0.4) is 0 Å². The molecule has 1 amide bonds. The standard InChI is InChI=1S/C36H37NO6.CH4/c1-36(2,3)43-27-19-13-24(14-20-27)21-33(34(38)41-22-25-15-17-26(40-4)18-16-25)37-35(39)42-23-32-30-11-7-5-9-28(30)29-10-6-8-12-31(29)32;/h5-20,32-33H,21-23H2,1-4H3,(H,37,39);1H4/t33-;/m0./s1. The van der Waals surface area contributed by atoms with Crippen molar-refractivity contribution in [3.8, 4) is 22.6 Å². The van der Waals surface area contributed by atoms with Crippen LogP contribution in [0.5, 0.6) is 11.5 Å². The Balaban J connectivity index is 0.00000442. The van der Waals surface area contributed by atoms with Crippen molar-refractivity contribution in [1.29, 1.82) is 0 Å². The van der Waals surface area contributed by atoms with E-state index >= 15 is 0 Å². The summed E-state index contributed by atoms with van der Waals surface area (Å²) < 4.78 is 22.5. The lowest BCUT2D eigenvalue weighted by Crippen LogP contribution is -2.43. The first-order chi connectivity index (χ1) is 20.7. The first-order valence-electron chi connectivity index (χ1n) is 14.4. The van der Waals surface area contributed by atoms with Gasteiger partial charge in [0.1, 0.15) is 36.4 Å². The normalized spacial score (nSPS) is 12.6. The lowest BCUT2D eigenvalue weighted by Gasteiger charge is -2.22. The van der Waals surface area contributed by atoms with Gasteiger partial charge in [0.25, 0.3) is 0 Å². The molecule has 0 radical (unpaired) electrons. The van der Waals surface area contributed by atoms with E-state index < -0.39 is 18.1 Å². The topological polar surface area (TPSA) is 83.1 Å². The molecule has 0 bridgehead atoms. The number of carbonyl (C=O) groups is 2. The molecular weight excluding hydrogens is 554 g/mol. The van der Waals surface area contributed by atoms with Gasteiger partial charge in [-0.15, -0.1) is 0 Å². The fraction of sp³-hybridized carbons (Fsp3) is 0.297. The van der Waals surface area contributed by atoms with Gasteiger partial charge in [-0.25, -0.2) is 9.59 Å². The summed E-state index contributed by atoms with van der Waals surface area (Å²) >= 11 is 0. The number of amides is 1. The number of nitrogens with one attached hydrogen (secondary N) is 1. The molecule has 0 saturated heterocycles. The second kappa shape index (κ2) is 14.1. The Morgan fingerprint density at radius 3 is 1.86 bits per heavy atom. The average molecular weight is 596 g/mol. The van der Waals surface area contributed by atoms with Crippen molar-refractivity contribution in [2.45, 2.75) is 58.8 Å². The molecule has 0 saturated carbocycles. The largest absolute Gasteiger partial charge is 0.497 e. The minimum absolute atomic E-state index is 0. The van der Waals surface area contributed by atoms with Crippen LogP contribution < -0.4 is 14.8 Å². The zero-order valence-corrected chi connectivity index (χ0v) is 25.0. The Morgan fingerprint density at radius 2 is 1.30 bits per heavy atom. The molecule has 1 aliphatic carbocycles. The molecule has 0 aromatic heterocycles. The summed E-state index contributed by atoms with van der Waals surface area (Å²) in [6, 6.07) is 30.1. The maximum absolute atomic E-state index is 13.3. The molecule has 0 fully saturated rings. The second-order valence-corrected chi connectivity index (χ2v) is 11.5. The predicted molar refractivity (Wildman–Crippen MR) is 172 cm³/mol. The van der Waals surface area contributed by atoms with E-state index in [2.05, 4.69) is 29.6 Å². The van der Waals surface area contributed by atoms with E-state index in [9.17, 15) is 9.59 Å². The number of alkyl carbamates (subject to hydrolysis) is 1. The Kier molecular flexibility index (Phi) is 10.3. The van der Waals surface area contributed by atoms with Crippen LogP contribution in [0.2, 0.25) is 0 Å². The second-order valence-electron chi connectivity index (χ2n) is 11.5. The highest BCUT2D eigenvalue weighted by Gasteiger charge is 2.30. The zero-order chi connectivity index (χ0) is 30.4. The van der Waals surface area contributed by atoms with Crippen LogP contribution in [0.25, 0.3) is 11.1 Å². The molecule has 44 heavy (non-hydrogen) atoms. The first kappa shape index (κ1) is 32.1. The van der Waals surface area contributed by atoms with Crippen LogP contribution in [-0.2, 0) is 27.3 Å². The van der Waals surface area contributed by atoms with Gasteiger partial charge in [0.2, 0.25) is 0 Å². The molecule has 4 aromatic rings. The molecule has 5 rings (SSSR count). The van der Waals surface area contributed by atoms with Crippen LogP contribution in [0.15, 0.2) is 97.1 Å². The summed E-state index contributed by atoms with van der Waals surface area (Å²) in [7, 11) is 1.59. The van der Waals surface area contributed by atoms with Crippen molar-refractivity contribution in [1.82, 2.24) is 5.32 Å². The molecule has 7 heteroatoms. The number of esters is 1. The number of hydrogen-bond acceptors (Lipinski definition) is 6. The lowest BCUT2D eigenvalue weighted by atomic mass is 9.98. The molecule has 1 N–H and O–H groups in total. The SMILES string of the molecule is C.COc1ccc(COC(=O)[C@H](Cc2ccc(OC(C)(C)C)cc2)NC(=O)OCC2c3ccccc3-c3ccccc32)cc1. The van der Waals surface area contributed by atoms with Gasteiger partial charge in [0.05, 0.1) is 7.11 Å². The smallest absolute Gasteiger partial charge is 0.407 e. The van der Waals surface area contributed by atoms with E-state index in [0.29, 0.717) is 5.75 Å². The van der Waals surface area contributed by atoms with Crippen molar-refractivity contribution in [3.05, 3.63) is 119 Å². The van der Waals surface area contributed by atoms with Crippen molar-refractivity contribution in [3.63, 3.8) is 0 Å². The van der Waals surface area contributed by atoms with E-state index in [4.69, 9.17) is 18.9 Å². The highest BCUT2D eigenvalue weighted by atomic mass is 16.6. The Morgan fingerprint density at radius 1 is 0.750 bits per heavy atom. The molecule has 7 nitrogen and oxygen atoms in total. The number of rotatable bonds is 10. The van der Waals surface area contributed by atoms with Crippen LogP contribution in [0.4, 0.5) is 4.79 Å². The molecule has 230 valence electrons. The van der Waals surface area contributed by atoms with Crippen molar-refractivity contribution < 1.29 is 28.5 Å². The maximum Gasteiger partial charge on any atom is 0.407 e. The van der Waals surface area contributed by atoms with Crippen LogP contribution in [-0.4, -0.2) is 37.4 Å². The van der Waals surface area contributed by atoms with Gasteiger partial charge in [-0.1, -0.05) is 80.2 Å². The van der Waals surface area contributed by atoms with Gasteiger partial charge in [-0.2, -0.15) is 0 Å². The fourth-order valence-electron chi connectivity index (χ4n) is 5.24. The minimum atomic E-state index is -0.955. The summed E-state index contributed by atoms with van der Waals surface area (Å²) in [5, 5.41) is 2.76. The van der Waals surface area contributed by atoms with Gasteiger partial charge in [-0.3, -0.25) is 0 Å². The van der Waals surface area contributed by atoms with Crippen LogP contribution in [0.1, 0.15) is 56.4 Å². The Labute approximate surface area is 260 Å². The highest BCUT2D eigenvalue weighted by Crippen LogP contribution is 2.44. The predicted octanol–water partition coefficient (Wildman–Crippen LogP) is 7.70. The number of methoxy groups -OCH3 is 1. The number of carbonyl (C=O) groups excluding carboxylic acids is 2. The van der Waals surface area contributed by atoms with Gasteiger partial charge in [0, 0.05) is 12.3 Å². The third-order valence-corrected chi connectivity index (χ3v) is 7.25. The average Bonchev–Trinajstić information content (AvgIpc) is 3.32. The van der Waals surface area contributed by atoms with Gasteiger partial charge in [-0.05, 0) is 78.4 Å². The van der Waals surface area contributed by atoms with Crippen molar-refractivity contribution >= 4 is 12.1 Å². The van der Waals surface area contributed by atoms with E-state index in [-0.39, 0.29) is 38.6 Å². The molecule has 0 unspecified atom stereocenters. The van der Waals surface area contributed by atoms with Crippen molar-refractivity contribution in [2.75, 3.05) is 13.7 Å². The third kappa shape index (κ3) is 7.98. The number of fused-ring (bicyclic) bond motifs is 3. The lowest BCUT2D eigenvalue weighted by molar-refractivity contribution is -0.147. The Hall–Kier alpha value is -4.78. The third-order valence-electron chi connectivity index (χ3n) is 7.25.